The predicted molar refractivity (Wildman–Crippen MR) is 78.6 cm³/mol. The van der Waals surface area contributed by atoms with Gasteiger partial charge in [-0.3, -0.25) is 4.79 Å². The van der Waals surface area contributed by atoms with Gasteiger partial charge in [-0.15, -0.1) is 0 Å². The van der Waals surface area contributed by atoms with E-state index in [1.165, 1.54) is 5.69 Å². The summed E-state index contributed by atoms with van der Waals surface area (Å²) < 4.78 is 0. The SMILES string of the molecule is CCC(O)c1ccc(N2CCN3C(=O)CCC3C2)cc1. The van der Waals surface area contributed by atoms with Gasteiger partial charge in [0.05, 0.1) is 6.10 Å². The Kier molecular flexibility index (Phi) is 3.66. The van der Waals surface area contributed by atoms with Crippen molar-refractivity contribution in [1.29, 1.82) is 0 Å². The van der Waals surface area contributed by atoms with Crippen LogP contribution in [0.2, 0.25) is 0 Å². The lowest BCUT2D eigenvalue weighted by Crippen LogP contribution is -2.51. The molecule has 1 N–H and O–H groups in total. The highest BCUT2D eigenvalue weighted by Crippen LogP contribution is 2.27. The number of anilines is 1. The molecule has 0 saturated carbocycles. The first kappa shape index (κ1) is 13.4. The molecular formula is C16H22N2O2. The van der Waals surface area contributed by atoms with Crippen LogP contribution in [-0.2, 0) is 4.79 Å². The normalized spacial score (nSPS) is 23.9. The first-order valence-electron chi connectivity index (χ1n) is 7.51. The summed E-state index contributed by atoms with van der Waals surface area (Å²) in [5, 5.41) is 9.83. The zero-order valence-corrected chi connectivity index (χ0v) is 12.0. The van der Waals surface area contributed by atoms with Crippen molar-refractivity contribution in [2.24, 2.45) is 0 Å². The van der Waals surface area contributed by atoms with Crippen LogP contribution in [0.5, 0.6) is 0 Å². The first-order valence-corrected chi connectivity index (χ1v) is 7.51. The monoisotopic (exact) mass is 274 g/mol. The van der Waals surface area contributed by atoms with E-state index in [0.717, 1.165) is 38.0 Å². The Morgan fingerprint density at radius 1 is 1.30 bits per heavy atom. The summed E-state index contributed by atoms with van der Waals surface area (Å²) in [5.74, 6) is 0.316. The van der Waals surface area contributed by atoms with E-state index in [1.807, 2.05) is 24.0 Å². The summed E-state index contributed by atoms with van der Waals surface area (Å²) in [7, 11) is 0. The van der Waals surface area contributed by atoms with Gasteiger partial charge < -0.3 is 14.9 Å². The van der Waals surface area contributed by atoms with Crippen LogP contribution in [0.4, 0.5) is 5.69 Å². The number of aliphatic hydroxyl groups is 1. The van der Waals surface area contributed by atoms with E-state index >= 15 is 0 Å². The second-order valence-corrected chi connectivity index (χ2v) is 5.74. The van der Waals surface area contributed by atoms with Crippen molar-refractivity contribution in [1.82, 2.24) is 4.90 Å². The zero-order chi connectivity index (χ0) is 14.1. The van der Waals surface area contributed by atoms with Crippen LogP contribution in [0.3, 0.4) is 0 Å². The fraction of sp³-hybridized carbons (Fsp3) is 0.562. The second-order valence-electron chi connectivity index (χ2n) is 5.74. The van der Waals surface area contributed by atoms with E-state index < -0.39 is 0 Å². The van der Waals surface area contributed by atoms with Gasteiger partial charge in [0, 0.05) is 37.8 Å². The molecule has 2 aliphatic heterocycles. The van der Waals surface area contributed by atoms with Gasteiger partial charge in [0.1, 0.15) is 0 Å². The lowest BCUT2D eigenvalue weighted by atomic mass is 10.1. The molecule has 2 aliphatic rings. The average molecular weight is 274 g/mol. The molecule has 2 fully saturated rings. The third-order valence-corrected chi connectivity index (χ3v) is 4.52. The van der Waals surface area contributed by atoms with Crippen molar-refractivity contribution in [2.45, 2.75) is 38.3 Å². The maximum atomic E-state index is 11.7. The van der Waals surface area contributed by atoms with Crippen molar-refractivity contribution in [3.8, 4) is 0 Å². The fourth-order valence-corrected chi connectivity index (χ4v) is 3.24. The molecule has 108 valence electrons. The molecule has 2 atom stereocenters. The molecule has 0 aromatic heterocycles. The number of rotatable bonds is 3. The Morgan fingerprint density at radius 2 is 2.05 bits per heavy atom. The molecule has 2 saturated heterocycles. The molecule has 1 amide bonds. The van der Waals surface area contributed by atoms with Crippen LogP contribution < -0.4 is 4.90 Å². The van der Waals surface area contributed by atoms with Gasteiger partial charge in [-0.05, 0) is 30.5 Å². The van der Waals surface area contributed by atoms with Gasteiger partial charge in [0.25, 0.3) is 0 Å². The highest BCUT2D eigenvalue weighted by molar-refractivity contribution is 5.79. The molecule has 0 aliphatic carbocycles. The second kappa shape index (κ2) is 5.44. The Balaban J connectivity index is 1.69. The molecule has 0 bridgehead atoms. The fourth-order valence-electron chi connectivity index (χ4n) is 3.24. The number of amides is 1. The molecule has 4 heteroatoms. The minimum atomic E-state index is -0.367. The van der Waals surface area contributed by atoms with Crippen LogP contribution >= 0.6 is 0 Å². The summed E-state index contributed by atoms with van der Waals surface area (Å²) in [4.78, 5) is 16.1. The molecule has 20 heavy (non-hydrogen) atoms. The van der Waals surface area contributed by atoms with E-state index in [2.05, 4.69) is 17.0 Å². The van der Waals surface area contributed by atoms with Crippen molar-refractivity contribution in [2.75, 3.05) is 24.5 Å². The molecule has 3 rings (SSSR count). The van der Waals surface area contributed by atoms with E-state index in [4.69, 9.17) is 0 Å². The average Bonchev–Trinajstić information content (AvgIpc) is 2.87. The number of carbonyl (C=O) groups excluding carboxylic acids is 1. The van der Waals surface area contributed by atoms with Crippen LogP contribution in [0, 0.1) is 0 Å². The Morgan fingerprint density at radius 3 is 2.75 bits per heavy atom. The number of piperazine rings is 1. The van der Waals surface area contributed by atoms with Crippen LogP contribution in [0.15, 0.2) is 24.3 Å². The molecule has 0 spiro atoms. The number of carbonyl (C=O) groups is 1. The number of nitrogens with zero attached hydrogens (tertiary/aromatic N) is 2. The molecular weight excluding hydrogens is 252 g/mol. The van der Waals surface area contributed by atoms with Crippen LogP contribution in [0.1, 0.15) is 37.9 Å². The Labute approximate surface area is 120 Å². The predicted octanol–water partition coefficient (Wildman–Crippen LogP) is 1.94. The maximum absolute atomic E-state index is 11.7. The number of hydrogen-bond acceptors (Lipinski definition) is 3. The largest absolute Gasteiger partial charge is 0.388 e. The number of hydrogen-bond donors (Lipinski definition) is 1. The highest BCUT2D eigenvalue weighted by Gasteiger charge is 2.35. The van der Waals surface area contributed by atoms with Crippen molar-refractivity contribution < 1.29 is 9.90 Å². The lowest BCUT2D eigenvalue weighted by Gasteiger charge is -2.39. The van der Waals surface area contributed by atoms with Crippen molar-refractivity contribution in [3.63, 3.8) is 0 Å². The third kappa shape index (κ3) is 2.40. The topological polar surface area (TPSA) is 43.8 Å². The summed E-state index contributed by atoms with van der Waals surface area (Å²) in [6.07, 6.45) is 2.07. The van der Waals surface area contributed by atoms with Gasteiger partial charge in [-0.1, -0.05) is 19.1 Å². The van der Waals surface area contributed by atoms with Gasteiger partial charge in [-0.25, -0.2) is 0 Å². The summed E-state index contributed by atoms with van der Waals surface area (Å²) in [5.41, 5.74) is 2.17. The van der Waals surface area contributed by atoms with E-state index in [-0.39, 0.29) is 6.10 Å². The minimum Gasteiger partial charge on any atom is -0.388 e. The summed E-state index contributed by atoms with van der Waals surface area (Å²) >= 11 is 0. The standard InChI is InChI=1S/C16H22N2O2/c1-2-15(19)12-3-5-13(6-4-12)17-9-10-18-14(11-17)7-8-16(18)20/h3-6,14-15,19H,2,7-11H2,1H3. The third-order valence-electron chi connectivity index (χ3n) is 4.52. The van der Waals surface area contributed by atoms with Gasteiger partial charge >= 0.3 is 0 Å². The Hall–Kier alpha value is -1.55. The highest BCUT2D eigenvalue weighted by atomic mass is 16.3. The van der Waals surface area contributed by atoms with E-state index in [1.54, 1.807) is 0 Å². The molecule has 2 heterocycles. The lowest BCUT2D eigenvalue weighted by molar-refractivity contribution is -0.129. The van der Waals surface area contributed by atoms with Gasteiger partial charge in [0.15, 0.2) is 0 Å². The van der Waals surface area contributed by atoms with E-state index in [9.17, 15) is 9.90 Å². The number of benzene rings is 1. The molecule has 2 unspecified atom stereocenters. The van der Waals surface area contributed by atoms with Crippen molar-refractivity contribution >= 4 is 11.6 Å². The van der Waals surface area contributed by atoms with Crippen LogP contribution in [0.25, 0.3) is 0 Å². The summed E-state index contributed by atoms with van der Waals surface area (Å²) in [6, 6.07) is 8.57. The zero-order valence-electron chi connectivity index (χ0n) is 12.0. The maximum Gasteiger partial charge on any atom is 0.223 e. The quantitative estimate of drug-likeness (QED) is 0.916. The summed E-state index contributed by atoms with van der Waals surface area (Å²) in [6.45, 7) is 4.65. The Bertz CT molecular complexity index is 486. The number of fused-ring (bicyclic) bond motifs is 1. The van der Waals surface area contributed by atoms with Gasteiger partial charge in [-0.2, -0.15) is 0 Å². The van der Waals surface area contributed by atoms with Crippen LogP contribution in [-0.4, -0.2) is 41.6 Å². The minimum absolute atomic E-state index is 0.316. The molecule has 4 nitrogen and oxygen atoms in total. The van der Waals surface area contributed by atoms with Crippen molar-refractivity contribution in [3.05, 3.63) is 29.8 Å². The molecule has 1 aromatic carbocycles. The number of aliphatic hydroxyl groups excluding tert-OH is 1. The first-order chi connectivity index (χ1) is 9.69. The van der Waals surface area contributed by atoms with Gasteiger partial charge in [0.2, 0.25) is 5.91 Å². The molecule has 1 aromatic rings. The smallest absolute Gasteiger partial charge is 0.223 e. The van der Waals surface area contributed by atoms with E-state index in [0.29, 0.717) is 18.4 Å². The molecule has 0 radical (unpaired) electrons.